The maximum absolute atomic E-state index is 17.6. The first-order valence-corrected chi connectivity index (χ1v) is 16.2. The number of anilines is 1. The van der Waals surface area contributed by atoms with Crippen LogP contribution in [0.5, 0.6) is 0 Å². The van der Waals surface area contributed by atoms with Crippen molar-refractivity contribution in [1.29, 1.82) is 0 Å². The number of nitrogens with one attached hydrogen (secondary N) is 1. The first-order valence-electron chi connectivity index (χ1n) is 15.8. The van der Waals surface area contributed by atoms with E-state index in [0.29, 0.717) is 17.0 Å². The monoisotopic (exact) mass is 653 g/mol. The van der Waals surface area contributed by atoms with Gasteiger partial charge in [-0.15, -0.1) is 0 Å². The van der Waals surface area contributed by atoms with Crippen LogP contribution in [0.4, 0.5) is 14.5 Å². The summed E-state index contributed by atoms with van der Waals surface area (Å²) in [6.45, 7) is 2.48. The van der Waals surface area contributed by atoms with Crippen molar-refractivity contribution in [2.45, 2.75) is 75.5 Å². The van der Waals surface area contributed by atoms with E-state index in [1.54, 1.807) is 6.92 Å². The zero-order chi connectivity index (χ0) is 32.8. The largest absolute Gasteiger partial charge is 0.390 e. The van der Waals surface area contributed by atoms with Gasteiger partial charge in [-0.2, -0.15) is 0 Å². The number of alkyl halides is 2. The molecule has 7 rings (SSSR count). The second-order valence-electron chi connectivity index (χ2n) is 14.0. The van der Waals surface area contributed by atoms with Gasteiger partial charge in [-0.3, -0.25) is 9.59 Å². The molecule has 46 heavy (non-hydrogen) atoms. The number of aliphatic hydroxyl groups is 2. The molecule has 0 unspecified atom stereocenters. The SMILES string of the molecule is CNc1cc(Cc2ccc([C@H]3O[C@@H]4C[C@H]5[C@@H]6C[C@H](F)C7=CC(=O)C=C[C@]7(C)[C@@]6(F)[C@@H](O)C[C@]5(C)[C@]4(C(=O)CO)O3)cc2)ccc1Cl. The quantitative estimate of drug-likeness (QED) is 0.372. The maximum Gasteiger partial charge on any atom is 0.193 e. The third-order valence-corrected chi connectivity index (χ3v) is 12.2. The van der Waals surface area contributed by atoms with Crippen LogP contribution in [0.15, 0.2) is 66.3 Å². The number of Topliss-reactive ketones (excluding diaryl/α,β-unsaturated/α-hetero) is 1. The third-order valence-electron chi connectivity index (χ3n) is 11.9. The Kier molecular flexibility index (Phi) is 7.42. The van der Waals surface area contributed by atoms with Crippen LogP contribution in [0, 0.1) is 22.7 Å². The summed E-state index contributed by atoms with van der Waals surface area (Å²) in [6, 6.07) is 13.5. The van der Waals surface area contributed by atoms with E-state index in [9.17, 15) is 19.8 Å². The van der Waals surface area contributed by atoms with E-state index in [-0.39, 0.29) is 24.8 Å². The van der Waals surface area contributed by atoms with E-state index in [0.717, 1.165) is 22.9 Å². The lowest BCUT2D eigenvalue weighted by atomic mass is 9.44. The molecule has 2 aromatic rings. The molecule has 0 bridgehead atoms. The highest BCUT2D eigenvalue weighted by molar-refractivity contribution is 6.33. The van der Waals surface area contributed by atoms with E-state index in [1.807, 2.05) is 49.5 Å². The molecule has 7 nitrogen and oxygen atoms in total. The maximum atomic E-state index is 17.6. The Balaban J connectivity index is 1.19. The average molecular weight is 654 g/mol. The average Bonchev–Trinajstić information content (AvgIpc) is 3.54. The Morgan fingerprint density at radius 3 is 2.52 bits per heavy atom. The van der Waals surface area contributed by atoms with Gasteiger partial charge in [0.1, 0.15) is 12.8 Å². The number of benzene rings is 2. The number of rotatable bonds is 6. The fraction of sp³-hybridized carbons (Fsp3) is 0.500. The molecule has 0 aromatic heterocycles. The lowest BCUT2D eigenvalue weighted by Gasteiger charge is -2.63. The van der Waals surface area contributed by atoms with E-state index < -0.39 is 76.8 Å². The van der Waals surface area contributed by atoms with Crippen LogP contribution < -0.4 is 5.32 Å². The van der Waals surface area contributed by atoms with Crippen molar-refractivity contribution in [2.75, 3.05) is 19.0 Å². The van der Waals surface area contributed by atoms with E-state index in [4.69, 9.17) is 21.1 Å². The van der Waals surface area contributed by atoms with Gasteiger partial charge in [-0.1, -0.05) is 54.9 Å². The Bertz CT molecular complexity index is 1660. The third kappa shape index (κ3) is 4.14. The Hall–Kier alpha value is -2.95. The summed E-state index contributed by atoms with van der Waals surface area (Å²) in [7, 11) is 1.81. The Morgan fingerprint density at radius 2 is 1.83 bits per heavy atom. The molecule has 0 spiro atoms. The molecule has 0 radical (unpaired) electrons. The smallest absolute Gasteiger partial charge is 0.193 e. The van der Waals surface area contributed by atoms with Gasteiger partial charge in [-0.05, 0) is 79.5 Å². The Morgan fingerprint density at radius 1 is 1.11 bits per heavy atom. The number of aliphatic hydroxyl groups excluding tert-OH is 2. The normalized spacial score (nSPS) is 40.9. The second kappa shape index (κ2) is 10.8. The van der Waals surface area contributed by atoms with Crippen LogP contribution in [0.2, 0.25) is 5.02 Å². The standard InChI is InChI=1S/C36H38ClF2NO6/c1-33-11-10-22(42)14-25(33)27(38)15-24-23-16-31-36(30(44)18-41,34(23,2)17-29(43)35(24,33)39)46-32(45-31)21-7-4-19(5-8-21)12-20-6-9-26(37)28(13-20)40-3/h4-11,13-14,23-24,27,29,31-32,40-41,43H,12,15-18H2,1-3H3/t23-,24-,27-,29-,31+,32-,33-,34-,35-,36+/m0/s1. The highest BCUT2D eigenvalue weighted by Crippen LogP contribution is 2.72. The summed E-state index contributed by atoms with van der Waals surface area (Å²) in [4.78, 5) is 25.9. The molecule has 1 aliphatic heterocycles. The van der Waals surface area contributed by atoms with Crippen molar-refractivity contribution >= 4 is 28.9 Å². The second-order valence-corrected chi connectivity index (χ2v) is 14.4. The first kappa shape index (κ1) is 31.6. The number of allylic oxidation sites excluding steroid dienone is 4. The van der Waals surface area contributed by atoms with Gasteiger partial charge >= 0.3 is 0 Å². The van der Waals surface area contributed by atoms with E-state index in [1.165, 1.54) is 19.1 Å². The molecule has 3 saturated carbocycles. The molecule has 4 aliphatic carbocycles. The summed E-state index contributed by atoms with van der Waals surface area (Å²) in [5, 5.41) is 25.6. The van der Waals surface area contributed by atoms with Crippen molar-refractivity contribution in [2.24, 2.45) is 22.7 Å². The van der Waals surface area contributed by atoms with Gasteiger partial charge in [0.15, 0.2) is 29.1 Å². The molecule has 244 valence electrons. The number of hydrogen-bond donors (Lipinski definition) is 3. The van der Waals surface area contributed by atoms with Crippen molar-refractivity contribution in [3.05, 3.63) is 88.0 Å². The number of ketones is 2. The predicted molar refractivity (Wildman–Crippen MR) is 168 cm³/mol. The lowest BCUT2D eigenvalue weighted by Crippen LogP contribution is -2.70. The minimum absolute atomic E-state index is 0.0373. The highest BCUT2D eigenvalue weighted by Gasteiger charge is 2.80. The van der Waals surface area contributed by atoms with E-state index >= 15 is 8.78 Å². The summed E-state index contributed by atoms with van der Waals surface area (Å²) in [5.41, 5.74) is -3.02. The van der Waals surface area contributed by atoms with Crippen LogP contribution in [0.3, 0.4) is 0 Å². The van der Waals surface area contributed by atoms with Crippen LogP contribution in [0.1, 0.15) is 56.1 Å². The van der Waals surface area contributed by atoms with E-state index in [2.05, 4.69) is 5.32 Å². The zero-order valence-corrected chi connectivity index (χ0v) is 26.7. The zero-order valence-electron chi connectivity index (χ0n) is 25.9. The van der Waals surface area contributed by atoms with Gasteiger partial charge in [0.2, 0.25) is 0 Å². The fourth-order valence-corrected chi connectivity index (χ4v) is 9.83. The van der Waals surface area contributed by atoms with Crippen molar-refractivity contribution in [3.63, 3.8) is 0 Å². The summed E-state index contributed by atoms with van der Waals surface area (Å²) in [6.07, 6.45) is -0.775. The topological polar surface area (TPSA) is 105 Å². The minimum Gasteiger partial charge on any atom is -0.390 e. The van der Waals surface area contributed by atoms with Crippen molar-refractivity contribution in [3.8, 4) is 0 Å². The summed E-state index contributed by atoms with van der Waals surface area (Å²) < 4.78 is 46.4. The van der Waals surface area contributed by atoms with Crippen LogP contribution >= 0.6 is 11.6 Å². The number of carbonyl (C=O) groups is 2. The van der Waals surface area contributed by atoms with Gasteiger partial charge in [-0.25, -0.2) is 8.78 Å². The van der Waals surface area contributed by atoms with Gasteiger partial charge in [0.25, 0.3) is 0 Å². The number of ether oxygens (including phenoxy) is 2. The number of carbonyl (C=O) groups excluding carboxylic acids is 2. The van der Waals surface area contributed by atoms with Crippen LogP contribution in [0.25, 0.3) is 0 Å². The van der Waals surface area contributed by atoms with Gasteiger partial charge < -0.3 is 25.0 Å². The molecule has 10 heteroatoms. The van der Waals surface area contributed by atoms with Gasteiger partial charge in [0, 0.05) is 29.4 Å². The molecule has 0 amide bonds. The number of halogens is 3. The molecule has 5 aliphatic rings. The molecule has 2 aromatic carbocycles. The fourth-order valence-electron chi connectivity index (χ4n) is 9.62. The predicted octanol–water partition coefficient (Wildman–Crippen LogP) is 5.62. The van der Waals surface area contributed by atoms with Gasteiger partial charge in [0.05, 0.1) is 22.9 Å². The molecule has 1 heterocycles. The number of fused-ring (bicyclic) bond motifs is 7. The van der Waals surface area contributed by atoms with Crippen molar-refractivity contribution < 1.29 is 38.1 Å². The summed E-state index contributed by atoms with van der Waals surface area (Å²) in [5.74, 6) is -2.62. The molecular weight excluding hydrogens is 616 g/mol. The molecule has 10 atom stereocenters. The summed E-state index contributed by atoms with van der Waals surface area (Å²) >= 11 is 6.23. The molecule has 1 saturated heterocycles. The van der Waals surface area contributed by atoms with Crippen LogP contribution in [-0.4, -0.2) is 65.1 Å². The highest BCUT2D eigenvalue weighted by atomic mass is 35.5. The number of hydrogen-bond acceptors (Lipinski definition) is 7. The molecular formula is C36H38ClF2NO6. The molecule has 4 fully saturated rings. The minimum atomic E-state index is -2.29. The van der Waals surface area contributed by atoms with Crippen molar-refractivity contribution in [1.82, 2.24) is 0 Å². The lowest BCUT2D eigenvalue weighted by molar-refractivity contribution is -0.235. The first-order chi connectivity index (χ1) is 21.8. The molecule has 3 N–H and O–H groups in total. The van der Waals surface area contributed by atoms with Crippen LogP contribution in [-0.2, 0) is 25.5 Å². The Labute approximate surface area is 271 Å².